The molecule has 2 rings (SSSR count). The Morgan fingerprint density at radius 2 is 1.88 bits per heavy atom. The van der Waals surface area contributed by atoms with Crippen molar-refractivity contribution >= 4 is 17.5 Å². The quantitative estimate of drug-likeness (QED) is 0.545. The number of carbonyl (C=O) groups is 3. The topological polar surface area (TPSA) is 60.4 Å². The molecule has 2 atom stereocenters. The van der Waals surface area contributed by atoms with Crippen LogP contribution in [-0.2, 0) is 19.1 Å². The summed E-state index contributed by atoms with van der Waals surface area (Å²) < 4.78 is 5.36. The Balaban J connectivity index is 2.32. The first-order valence-electron chi connectivity index (χ1n) is 8.26. The largest absolute Gasteiger partial charge is 0.454 e. The van der Waals surface area contributed by atoms with E-state index in [9.17, 15) is 14.4 Å². The number of Topliss-reactive ketones (excluding diaryl/α,β-unsaturated/α-hetero) is 1. The maximum absolute atomic E-state index is 12.4. The van der Waals surface area contributed by atoms with E-state index in [2.05, 4.69) is 6.58 Å². The SMILES string of the molecule is C=C(C)[C@@H]1CCC2=C[C@H](C/C(C)=C\C(=O)/C=C(\C)C(=O)C1)OC2=O. The smallest absolute Gasteiger partial charge is 0.334 e. The van der Waals surface area contributed by atoms with Crippen LogP contribution in [0.5, 0.6) is 0 Å². The van der Waals surface area contributed by atoms with E-state index in [0.717, 1.165) is 11.1 Å². The van der Waals surface area contributed by atoms with Crippen LogP contribution in [0.3, 0.4) is 0 Å². The lowest BCUT2D eigenvalue weighted by molar-refractivity contribution is -0.139. The van der Waals surface area contributed by atoms with Crippen molar-refractivity contribution in [3.05, 3.63) is 47.1 Å². The van der Waals surface area contributed by atoms with Crippen LogP contribution < -0.4 is 0 Å². The first kappa shape index (κ1) is 18.1. The zero-order valence-corrected chi connectivity index (χ0v) is 14.6. The Kier molecular flexibility index (Phi) is 5.71. The number of hydrogen-bond donors (Lipinski definition) is 0. The van der Waals surface area contributed by atoms with Crippen molar-refractivity contribution in [1.82, 2.24) is 0 Å². The van der Waals surface area contributed by atoms with Gasteiger partial charge >= 0.3 is 5.97 Å². The minimum Gasteiger partial charge on any atom is -0.454 e. The first-order chi connectivity index (χ1) is 11.3. The molecule has 0 aromatic heterocycles. The molecule has 128 valence electrons. The second-order valence-electron chi connectivity index (χ2n) is 6.77. The lowest BCUT2D eigenvalue weighted by Gasteiger charge is -2.16. The third-order valence-corrected chi connectivity index (χ3v) is 4.51. The van der Waals surface area contributed by atoms with Crippen molar-refractivity contribution in [2.45, 2.75) is 52.6 Å². The number of allylic oxidation sites excluding steroid dienone is 4. The molecule has 2 bridgehead atoms. The van der Waals surface area contributed by atoms with Crippen LogP contribution in [-0.4, -0.2) is 23.6 Å². The van der Waals surface area contributed by atoms with Gasteiger partial charge < -0.3 is 4.74 Å². The van der Waals surface area contributed by atoms with Gasteiger partial charge in [-0.05, 0) is 63.3 Å². The highest BCUT2D eigenvalue weighted by Gasteiger charge is 2.27. The summed E-state index contributed by atoms with van der Waals surface area (Å²) in [6, 6.07) is 0. The fourth-order valence-corrected chi connectivity index (χ4v) is 3.02. The summed E-state index contributed by atoms with van der Waals surface area (Å²) in [6.45, 7) is 9.35. The predicted octanol–water partition coefficient (Wildman–Crippen LogP) is 3.64. The number of ether oxygens (including phenoxy) is 1. The van der Waals surface area contributed by atoms with E-state index in [-0.39, 0.29) is 29.6 Å². The highest BCUT2D eigenvalue weighted by molar-refractivity contribution is 6.07. The van der Waals surface area contributed by atoms with Crippen molar-refractivity contribution in [2.24, 2.45) is 5.92 Å². The molecule has 24 heavy (non-hydrogen) atoms. The van der Waals surface area contributed by atoms with Crippen molar-refractivity contribution in [3.8, 4) is 0 Å². The Morgan fingerprint density at radius 1 is 1.17 bits per heavy atom. The molecule has 0 N–H and O–H groups in total. The van der Waals surface area contributed by atoms with Gasteiger partial charge in [-0.25, -0.2) is 4.79 Å². The number of esters is 1. The fraction of sp³-hybridized carbons (Fsp3) is 0.450. The molecular formula is C20H24O4. The molecule has 0 unspecified atom stereocenters. The van der Waals surface area contributed by atoms with Crippen LogP contribution in [0, 0.1) is 5.92 Å². The van der Waals surface area contributed by atoms with E-state index < -0.39 is 0 Å². The van der Waals surface area contributed by atoms with Gasteiger partial charge in [0.1, 0.15) is 6.10 Å². The molecule has 1 aliphatic carbocycles. The molecule has 1 aliphatic heterocycles. The molecule has 0 radical (unpaired) electrons. The first-order valence-corrected chi connectivity index (χ1v) is 8.26. The molecule has 0 spiro atoms. The van der Waals surface area contributed by atoms with Gasteiger partial charge in [0.2, 0.25) is 0 Å². The average molecular weight is 328 g/mol. The maximum Gasteiger partial charge on any atom is 0.334 e. The standard InChI is InChI=1S/C20H24O4/c1-12(2)15-5-6-16-10-18(24-20(16)23)8-13(3)7-17(21)9-14(4)19(22)11-15/h7,9-10,15,18H,1,5-6,8,11H2,2-4H3/b13-7-,14-9+/t15-,18+/m1/s1. The molecule has 4 nitrogen and oxygen atoms in total. The summed E-state index contributed by atoms with van der Waals surface area (Å²) in [7, 11) is 0. The van der Waals surface area contributed by atoms with E-state index in [1.807, 2.05) is 19.9 Å². The van der Waals surface area contributed by atoms with Crippen LogP contribution >= 0.6 is 0 Å². The normalized spacial score (nSPS) is 30.5. The Bertz CT molecular complexity index is 676. The monoisotopic (exact) mass is 328 g/mol. The maximum atomic E-state index is 12.4. The van der Waals surface area contributed by atoms with Crippen LogP contribution in [0.1, 0.15) is 46.5 Å². The predicted molar refractivity (Wildman–Crippen MR) is 92.3 cm³/mol. The minimum absolute atomic E-state index is 0.0103. The van der Waals surface area contributed by atoms with Gasteiger partial charge in [0.25, 0.3) is 0 Å². The summed E-state index contributed by atoms with van der Waals surface area (Å²) in [6.07, 6.45) is 6.46. The number of rotatable bonds is 1. The van der Waals surface area contributed by atoms with Crippen molar-refractivity contribution in [3.63, 3.8) is 0 Å². The van der Waals surface area contributed by atoms with Crippen LogP contribution in [0.2, 0.25) is 0 Å². The van der Waals surface area contributed by atoms with Crippen molar-refractivity contribution < 1.29 is 19.1 Å². The van der Waals surface area contributed by atoms with Gasteiger partial charge in [-0.1, -0.05) is 17.7 Å². The summed E-state index contributed by atoms with van der Waals surface area (Å²) in [5, 5.41) is 0. The molecule has 1 heterocycles. The number of carbonyl (C=O) groups excluding carboxylic acids is 3. The molecule has 4 heteroatoms. The molecule has 0 fully saturated rings. The van der Waals surface area contributed by atoms with Gasteiger partial charge in [-0.3, -0.25) is 9.59 Å². The molecular weight excluding hydrogens is 304 g/mol. The number of fused-ring (bicyclic) bond motifs is 1. The van der Waals surface area contributed by atoms with E-state index in [0.29, 0.717) is 36.8 Å². The van der Waals surface area contributed by atoms with Gasteiger partial charge in [0.05, 0.1) is 0 Å². The summed E-state index contributed by atoms with van der Waals surface area (Å²) in [5.74, 6) is -0.574. The Labute approximate surface area is 143 Å². The van der Waals surface area contributed by atoms with E-state index >= 15 is 0 Å². The van der Waals surface area contributed by atoms with E-state index in [1.165, 1.54) is 12.2 Å². The third-order valence-electron chi connectivity index (χ3n) is 4.51. The summed E-state index contributed by atoms with van der Waals surface area (Å²) in [5.41, 5.74) is 2.85. The number of ketones is 2. The molecule has 0 aromatic carbocycles. The zero-order chi connectivity index (χ0) is 17.9. The molecule has 2 aliphatic rings. The van der Waals surface area contributed by atoms with Crippen LogP contribution in [0.15, 0.2) is 47.1 Å². The van der Waals surface area contributed by atoms with Crippen molar-refractivity contribution in [1.29, 1.82) is 0 Å². The highest BCUT2D eigenvalue weighted by Crippen LogP contribution is 2.28. The molecule has 0 aromatic rings. The lowest BCUT2D eigenvalue weighted by atomic mass is 9.87. The Morgan fingerprint density at radius 3 is 2.54 bits per heavy atom. The van der Waals surface area contributed by atoms with Gasteiger partial charge in [-0.2, -0.15) is 0 Å². The molecule has 0 saturated carbocycles. The average Bonchev–Trinajstić information content (AvgIpc) is 2.81. The fourth-order valence-electron chi connectivity index (χ4n) is 3.02. The van der Waals surface area contributed by atoms with Crippen LogP contribution in [0.4, 0.5) is 0 Å². The second kappa shape index (κ2) is 7.56. The van der Waals surface area contributed by atoms with Crippen LogP contribution in [0.25, 0.3) is 0 Å². The second-order valence-corrected chi connectivity index (χ2v) is 6.77. The van der Waals surface area contributed by atoms with Gasteiger partial charge in [0.15, 0.2) is 11.6 Å². The molecule has 0 saturated heterocycles. The highest BCUT2D eigenvalue weighted by atomic mass is 16.5. The minimum atomic E-state index is -0.311. The lowest BCUT2D eigenvalue weighted by Crippen LogP contribution is -2.12. The van der Waals surface area contributed by atoms with E-state index in [4.69, 9.17) is 4.74 Å². The number of hydrogen-bond acceptors (Lipinski definition) is 4. The summed E-state index contributed by atoms with van der Waals surface area (Å²) in [4.78, 5) is 36.4. The Hall–Kier alpha value is -2.23. The van der Waals surface area contributed by atoms with Crippen molar-refractivity contribution in [2.75, 3.05) is 0 Å². The van der Waals surface area contributed by atoms with Gasteiger partial charge in [-0.15, -0.1) is 0 Å². The third kappa shape index (κ3) is 4.63. The van der Waals surface area contributed by atoms with Gasteiger partial charge in [0, 0.05) is 18.4 Å². The zero-order valence-electron chi connectivity index (χ0n) is 14.6. The molecule has 0 amide bonds. The summed E-state index contributed by atoms with van der Waals surface area (Å²) >= 11 is 0. The van der Waals surface area contributed by atoms with E-state index in [1.54, 1.807) is 6.92 Å².